The van der Waals surface area contributed by atoms with Crippen LogP contribution in [-0.4, -0.2) is 18.6 Å². The van der Waals surface area contributed by atoms with E-state index in [-0.39, 0.29) is 0 Å². The molecule has 1 aromatic heterocycles. The summed E-state index contributed by atoms with van der Waals surface area (Å²) < 4.78 is 0. The fourth-order valence-corrected chi connectivity index (χ4v) is 1.74. The normalized spacial score (nSPS) is 10.9. The van der Waals surface area contributed by atoms with Crippen molar-refractivity contribution in [2.24, 2.45) is 0 Å². The summed E-state index contributed by atoms with van der Waals surface area (Å²) >= 11 is 1.72. The lowest BCUT2D eigenvalue weighted by atomic mass is 10.5. The van der Waals surface area contributed by atoms with Gasteiger partial charge in [0, 0.05) is 24.7 Å². The van der Waals surface area contributed by atoms with Crippen molar-refractivity contribution < 1.29 is 0 Å². The Balaban J connectivity index is 2.76. The molecule has 1 aromatic rings. The van der Waals surface area contributed by atoms with E-state index in [4.69, 9.17) is 0 Å². The molecule has 1 heterocycles. The molecule has 0 aliphatic carbocycles. The van der Waals surface area contributed by atoms with E-state index in [0.29, 0.717) is 0 Å². The maximum Gasteiger partial charge on any atom is 0.185 e. The highest BCUT2D eigenvalue weighted by molar-refractivity contribution is 7.16. The lowest BCUT2D eigenvalue weighted by Crippen LogP contribution is -2.14. The first-order valence-electron chi connectivity index (χ1n) is 4.07. The van der Waals surface area contributed by atoms with Gasteiger partial charge in [-0.3, -0.25) is 0 Å². The van der Waals surface area contributed by atoms with E-state index in [2.05, 4.69) is 29.9 Å². The number of hydrogen-bond donors (Lipinski definition) is 0. The minimum atomic E-state index is 1.00. The Bertz CT molecular complexity index is 265. The molecular weight excluding hydrogens is 168 g/mol. The molecule has 0 saturated carbocycles. The number of thiazole rings is 1. The number of hydrogen-bond acceptors (Lipinski definition) is 3. The van der Waals surface area contributed by atoms with Gasteiger partial charge in [-0.15, -0.1) is 0 Å². The zero-order valence-electron chi connectivity index (χ0n) is 7.74. The average Bonchev–Trinajstić information content (AvgIpc) is 2.52. The Hall–Kier alpha value is -0.830. The standard InChI is InChI=1S/C9H14N2S/c1-4-6-8-7-10-9(12-8)11(3)5-2/h4,6-7H,5H2,1-3H3/b6-4+. The average molecular weight is 182 g/mol. The van der Waals surface area contributed by atoms with Gasteiger partial charge >= 0.3 is 0 Å². The van der Waals surface area contributed by atoms with Crippen LogP contribution in [-0.2, 0) is 0 Å². The van der Waals surface area contributed by atoms with Crippen molar-refractivity contribution in [2.75, 3.05) is 18.5 Å². The van der Waals surface area contributed by atoms with Crippen molar-refractivity contribution in [1.82, 2.24) is 4.98 Å². The summed E-state index contributed by atoms with van der Waals surface area (Å²) in [6.07, 6.45) is 6.01. The first-order valence-corrected chi connectivity index (χ1v) is 4.89. The van der Waals surface area contributed by atoms with Crippen LogP contribution < -0.4 is 4.90 Å². The molecule has 2 nitrogen and oxygen atoms in total. The summed E-state index contributed by atoms with van der Waals surface area (Å²) in [6, 6.07) is 0. The summed E-state index contributed by atoms with van der Waals surface area (Å²) in [4.78, 5) is 7.65. The number of nitrogens with zero attached hydrogens (tertiary/aromatic N) is 2. The molecule has 0 N–H and O–H groups in total. The second-order valence-corrected chi connectivity index (χ2v) is 3.60. The zero-order chi connectivity index (χ0) is 8.97. The Morgan fingerprint density at radius 1 is 1.67 bits per heavy atom. The molecule has 1 rings (SSSR count). The summed E-state index contributed by atoms with van der Waals surface area (Å²) in [7, 11) is 2.05. The Kier molecular flexibility index (Phi) is 3.29. The summed E-state index contributed by atoms with van der Waals surface area (Å²) in [5, 5.41) is 1.09. The molecular formula is C9H14N2S. The summed E-state index contributed by atoms with van der Waals surface area (Å²) in [5.74, 6) is 0. The Morgan fingerprint density at radius 2 is 2.42 bits per heavy atom. The topological polar surface area (TPSA) is 16.1 Å². The molecule has 0 amide bonds. The van der Waals surface area contributed by atoms with Gasteiger partial charge in [-0.25, -0.2) is 4.98 Å². The molecule has 0 atom stereocenters. The maximum absolute atomic E-state index is 4.30. The first-order chi connectivity index (χ1) is 5.77. The van der Waals surface area contributed by atoms with Gasteiger partial charge in [0.2, 0.25) is 0 Å². The molecule has 12 heavy (non-hydrogen) atoms. The van der Waals surface area contributed by atoms with Crippen LogP contribution in [0.1, 0.15) is 18.7 Å². The van der Waals surface area contributed by atoms with E-state index in [9.17, 15) is 0 Å². The highest BCUT2D eigenvalue weighted by Gasteiger charge is 2.02. The lowest BCUT2D eigenvalue weighted by Gasteiger charge is -2.10. The second kappa shape index (κ2) is 4.26. The zero-order valence-corrected chi connectivity index (χ0v) is 8.56. The number of anilines is 1. The third-order valence-corrected chi connectivity index (χ3v) is 2.72. The van der Waals surface area contributed by atoms with E-state index >= 15 is 0 Å². The van der Waals surface area contributed by atoms with Gasteiger partial charge in [0.1, 0.15) is 0 Å². The van der Waals surface area contributed by atoms with Crippen molar-refractivity contribution in [3.63, 3.8) is 0 Å². The Labute approximate surface area is 77.6 Å². The van der Waals surface area contributed by atoms with Gasteiger partial charge in [0.05, 0.1) is 0 Å². The van der Waals surface area contributed by atoms with Crippen molar-refractivity contribution in [3.05, 3.63) is 17.2 Å². The quantitative estimate of drug-likeness (QED) is 0.714. The van der Waals surface area contributed by atoms with Crippen molar-refractivity contribution in [2.45, 2.75) is 13.8 Å². The van der Waals surface area contributed by atoms with Gasteiger partial charge in [-0.1, -0.05) is 17.4 Å². The molecule has 0 saturated heterocycles. The molecule has 0 bridgehead atoms. The summed E-state index contributed by atoms with van der Waals surface area (Å²) in [6.45, 7) is 5.14. The van der Waals surface area contributed by atoms with Crippen LogP contribution in [0.15, 0.2) is 12.3 Å². The minimum Gasteiger partial charge on any atom is -0.351 e. The molecule has 0 fully saturated rings. The predicted molar refractivity (Wildman–Crippen MR) is 55.8 cm³/mol. The van der Waals surface area contributed by atoms with Crippen LogP contribution in [0.3, 0.4) is 0 Å². The van der Waals surface area contributed by atoms with E-state index in [0.717, 1.165) is 11.7 Å². The van der Waals surface area contributed by atoms with Gasteiger partial charge < -0.3 is 4.90 Å². The van der Waals surface area contributed by atoms with Crippen molar-refractivity contribution >= 4 is 22.5 Å². The fraction of sp³-hybridized carbons (Fsp3) is 0.444. The number of allylic oxidation sites excluding steroid dienone is 1. The molecule has 0 unspecified atom stereocenters. The van der Waals surface area contributed by atoms with E-state index in [1.165, 1.54) is 4.88 Å². The first kappa shape index (κ1) is 9.26. The monoisotopic (exact) mass is 182 g/mol. The van der Waals surface area contributed by atoms with Crippen LogP contribution in [0.25, 0.3) is 6.08 Å². The van der Waals surface area contributed by atoms with E-state index in [1.807, 2.05) is 19.2 Å². The molecule has 3 heteroatoms. The van der Waals surface area contributed by atoms with Crippen LogP contribution in [0, 0.1) is 0 Å². The van der Waals surface area contributed by atoms with Gasteiger partial charge in [0.25, 0.3) is 0 Å². The molecule has 0 radical (unpaired) electrons. The van der Waals surface area contributed by atoms with Crippen molar-refractivity contribution in [1.29, 1.82) is 0 Å². The van der Waals surface area contributed by atoms with Crippen LogP contribution in [0.5, 0.6) is 0 Å². The van der Waals surface area contributed by atoms with E-state index < -0.39 is 0 Å². The fourth-order valence-electron chi connectivity index (χ4n) is 0.830. The highest BCUT2D eigenvalue weighted by atomic mass is 32.1. The second-order valence-electron chi connectivity index (χ2n) is 2.56. The Morgan fingerprint density at radius 3 is 3.00 bits per heavy atom. The van der Waals surface area contributed by atoms with Crippen LogP contribution in [0.2, 0.25) is 0 Å². The lowest BCUT2D eigenvalue weighted by molar-refractivity contribution is 0.958. The summed E-state index contributed by atoms with van der Waals surface area (Å²) in [5.41, 5.74) is 0. The molecule has 0 spiro atoms. The molecule has 66 valence electrons. The largest absolute Gasteiger partial charge is 0.351 e. The SMILES string of the molecule is C/C=C/c1cnc(N(C)CC)s1. The molecule has 0 aliphatic heterocycles. The smallest absolute Gasteiger partial charge is 0.185 e. The maximum atomic E-state index is 4.30. The molecule has 0 aliphatic rings. The molecule has 0 aromatic carbocycles. The minimum absolute atomic E-state index is 1.00. The third-order valence-electron chi connectivity index (χ3n) is 1.64. The third kappa shape index (κ3) is 2.08. The van der Waals surface area contributed by atoms with Gasteiger partial charge in [0.15, 0.2) is 5.13 Å². The van der Waals surface area contributed by atoms with Gasteiger partial charge in [-0.2, -0.15) is 0 Å². The van der Waals surface area contributed by atoms with Crippen LogP contribution >= 0.6 is 11.3 Å². The van der Waals surface area contributed by atoms with E-state index in [1.54, 1.807) is 11.3 Å². The predicted octanol–water partition coefficient (Wildman–Crippen LogP) is 2.63. The number of rotatable bonds is 3. The van der Waals surface area contributed by atoms with Gasteiger partial charge in [-0.05, 0) is 19.9 Å². The number of aromatic nitrogens is 1. The highest BCUT2D eigenvalue weighted by Crippen LogP contribution is 2.21. The van der Waals surface area contributed by atoms with Crippen LogP contribution in [0.4, 0.5) is 5.13 Å². The van der Waals surface area contributed by atoms with Crippen molar-refractivity contribution in [3.8, 4) is 0 Å².